The minimum atomic E-state index is -1.30. The fourth-order valence-electron chi connectivity index (χ4n) is 0.712. The normalized spacial score (nSPS) is 11.1. The van der Waals surface area contributed by atoms with Crippen LogP contribution in [0.2, 0.25) is 25.7 Å². The van der Waals surface area contributed by atoms with Crippen molar-refractivity contribution in [3.8, 4) is 0 Å². The Balaban J connectivity index is 3.93. The molecule has 0 bridgehead atoms. The van der Waals surface area contributed by atoms with E-state index in [1.165, 1.54) is 0 Å². The molecule has 0 atom stereocenters. The molecule has 0 aliphatic rings. The summed E-state index contributed by atoms with van der Waals surface area (Å²) in [7, 11) is -1.30. The van der Waals surface area contributed by atoms with Crippen molar-refractivity contribution in [1.29, 1.82) is 0 Å². The van der Waals surface area contributed by atoms with Gasteiger partial charge in [0.1, 0.15) is 0 Å². The lowest BCUT2D eigenvalue weighted by Gasteiger charge is -2.17. The second-order valence-corrected chi connectivity index (χ2v) is 9.10. The van der Waals surface area contributed by atoms with E-state index < -0.39 is 14.0 Å². The Bertz CT molecular complexity index is 155. The fourth-order valence-corrected chi connectivity index (χ4v) is 2.14. The second kappa shape index (κ2) is 3.01. The number of hydrogen-bond acceptors (Lipinski definition) is 2. The summed E-state index contributed by atoms with van der Waals surface area (Å²) in [5, 5.41) is 10.2. The first-order valence-electron chi connectivity index (χ1n) is 3.22. The molecule has 0 heterocycles. The first-order valence-corrected chi connectivity index (χ1v) is 6.93. The van der Waals surface area contributed by atoms with Crippen LogP contribution in [0.4, 0.5) is 0 Å². The predicted molar refractivity (Wildman–Crippen MR) is 42.3 cm³/mol. The summed E-state index contributed by atoms with van der Waals surface area (Å²) in [6.45, 7) is 9.71. The summed E-state index contributed by atoms with van der Waals surface area (Å²) in [6, 6.07) is 0.620. The van der Waals surface area contributed by atoms with Gasteiger partial charge in [-0.2, -0.15) is 0 Å². The quantitative estimate of drug-likeness (QED) is 0.445. The summed E-state index contributed by atoms with van der Waals surface area (Å²) < 4.78 is 0. The van der Waals surface area contributed by atoms with Crippen LogP contribution < -0.4 is 5.11 Å². The molecule has 0 radical (unpaired) electrons. The Kier molecular flexibility index (Phi) is 2.84. The lowest BCUT2D eigenvalue weighted by atomic mass is 10.4. The van der Waals surface area contributed by atoms with Crippen molar-refractivity contribution >= 4 is 14.0 Å². The molecule has 10 heavy (non-hydrogen) atoms. The molecule has 0 aliphatic heterocycles. The average molecular weight is 157 g/mol. The van der Waals surface area contributed by atoms with Crippen LogP contribution >= 0.6 is 0 Å². The third-order valence-electron chi connectivity index (χ3n) is 1.03. The zero-order chi connectivity index (χ0) is 8.36. The van der Waals surface area contributed by atoms with Crippen LogP contribution in [-0.2, 0) is 4.79 Å². The van der Waals surface area contributed by atoms with E-state index in [4.69, 9.17) is 0 Å². The van der Waals surface area contributed by atoms with Gasteiger partial charge in [-0.1, -0.05) is 26.2 Å². The molecule has 0 N–H and O–H groups in total. The highest BCUT2D eigenvalue weighted by molar-refractivity contribution is 6.77. The van der Waals surface area contributed by atoms with Gasteiger partial charge in [0.05, 0.1) is 5.97 Å². The number of carbonyl (C=O) groups is 1. The van der Waals surface area contributed by atoms with Crippen molar-refractivity contribution in [2.45, 2.75) is 25.7 Å². The first-order chi connectivity index (χ1) is 4.33. The monoisotopic (exact) mass is 157 g/mol. The predicted octanol–water partition coefficient (Wildman–Crippen LogP) is 0.631. The van der Waals surface area contributed by atoms with Crippen LogP contribution in [0.25, 0.3) is 0 Å². The first kappa shape index (κ1) is 9.43. The Morgan fingerprint density at radius 3 is 2.00 bits per heavy atom. The Morgan fingerprint density at radius 2 is 1.90 bits per heavy atom. The number of rotatable bonds is 3. The molecule has 58 valence electrons. The molecule has 2 nitrogen and oxygen atoms in total. The molecule has 0 spiro atoms. The molecule has 0 rings (SSSR count). The van der Waals surface area contributed by atoms with E-state index in [1.807, 2.05) is 0 Å². The standard InChI is InChI=1S/C7H14O2Si/c1-6(7(8)9)5-10(2,3)4/h1,5H2,2-4H3,(H,8,9)/p-1. The minimum Gasteiger partial charge on any atom is -0.545 e. The van der Waals surface area contributed by atoms with Gasteiger partial charge in [0.2, 0.25) is 0 Å². The van der Waals surface area contributed by atoms with Gasteiger partial charge in [0, 0.05) is 8.07 Å². The fraction of sp³-hybridized carbons (Fsp3) is 0.571. The molecular weight excluding hydrogens is 144 g/mol. The smallest absolute Gasteiger partial charge is 0.0666 e. The number of carbonyl (C=O) groups excluding carboxylic acids is 1. The number of carboxylic acids is 1. The molecule has 0 amide bonds. The molecule has 0 saturated carbocycles. The Labute approximate surface area is 62.6 Å². The maximum absolute atomic E-state index is 10.2. The molecule has 0 aromatic heterocycles. The Morgan fingerprint density at radius 1 is 1.50 bits per heavy atom. The van der Waals surface area contributed by atoms with Gasteiger partial charge < -0.3 is 9.90 Å². The van der Waals surface area contributed by atoms with E-state index in [-0.39, 0.29) is 5.57 Å². The maximum atomic E-state index is 10.2. The molecule has 3 heteroatoms. The summed E-state index contributed by atoms with van der Waals surface area (Å²) >= 11 is 0. The second-order valence-electron chi connectivity index (χ2n) is 3.63. The third-order valence-corrected chi connectivity index (χ3v) is 2.52. The van der Waals surface area contributed by atoms with Gasteiger partial charge in [0.15, 0.2) is 0 Å². The number of aliphatic carboxylic acids is 1. The van der Waals surface area contributed by atoms with Crippen LogP contribution in [0, 0.1) is 0 Å². The van der Waals surface area contributed by atoms with Crippen LogP contribution in [0.15, 0.2) is 12.2 Å². The van der Waals surface area contributed by atoms with Crippen LogP contribution in [0.3, 0.4) is 0 Å². The summed E-state index contributed by atoms with van der Waals surface area (Å²) in [5.74, 6) is -1.11. The van der Waals surface area contributed by atoms with Gasteiger partial charge in [0.25, 0.3) is 0 Å². The highest BCUT2D eigenvalue weighted by Gasteiger charge is 2.14. The molecule has 0 aliphatic carbocycles. The van der Waals surface area contributed by atoms with Crippen LogP contribution in [0.1, 0.15) is 0 Å². The van der Waals surface area contributed by atoms with Crippen molar-refractivity contribution < 1.29 is 9.90 Å². The topological polar surface area (TPSA) is 40.1 Å². The van der Waals surface area contributed by atoms with Crippen molar-refractivity contribution in [3.05, 3.63) is 12.2 Å². The van der Waals surface area contributed by atoms with E-state index in [9.17, 15) is 9.90 Å². The lowest BCUT2D eigenvalue weighted by molar-refractivity contribution is -0.299. The summed E-state index contributed by atoms with van der Waals surface area (Å²) in [6.07, 6.45) is 0. The summed E-state index contributed by atoms with van der Waals surface area (Å²) in [4.78, 5) is 10.2. The third kappa shape index (κ3) is 4.32. The van der Waals surface area contributed by atoms with Crippen molar-refractivity contribution in [2.24, 2.45) is 0 Å². The lowest BCUT2D eigenvalue weighted by Crippen LogP contribution is -2.29. The zero-order valence-electron chi connectivity index (χ0n) is 6.73. The molecule has 0 fully saturated rings. The SMILES string of the molecule is C=C(C[Si](C)(C)C)C(=O)[O-]. The molecule has 0 saturated heterocycles. The molecule has 0 aromatic carbocycles. The maximum Gasteiger partial charge on any atom is 0.0666 e. The highest BCUT2D eigenvalue weighted by Crippen LogP contribution is 2.13. The van der Waals surface area contributed by atoms with Gasteiger partial charge in [-0.05, 0) is 11.6 Å². The van der Waals surface area contributed by atoms with Gasteiger partial charge >= 0.3 is 0 Å². The Hall–Kier alpha value is -0.573. The van der Waals surface area contributed by atoms with Gasteiger partial charge in [-0.3, -0.25) is 0 Å². The van der Waals surface area contributed by atoms with Crippen LogP contribution in [0.5, 0.6) is 0 Å². The van der Waals surface area contributed by atoms with Gasteiger partial charge in [-0.15, -0.1) is 0 Å². The largest absolute Gasteiger partial charge is 0.545 e. The van der Waals surface area contributed by atoms with Gasteiger partial charge in [-0.25, -0.2) is 0 Å². The van der Waals surface area contributed by atoms with E-state index in [0.29, 0.717) is 6.04 Å². The van der Waals surface area contributed by atoms with E-state index in [1.54, 1.807) is 0 Å². The minimum absolute atomic E-state index is 0.235. The van der Waals surface area contributed by atoms with E-state index in [0.717, 1.165) is 0 Å². The molecule has 0 unspecified atom stereocenters. The summed E-state index contributed by atoms with van der Waals surface area (Å²) in [5.41, 5.74) is 0.235. The zero-order valence-corrected chi connectivity index (χ0v) is 7.73. The van der Waals surface area contributed by atoms with E-state index in [2.05, 4.69) is 26.2 Å². The molecule has 0 aromatic rings. The highest BCUT2D eigenvalue weighted by atomic mass is 28.3. The number of carboxylic acid groups (broad SMARTS) is 1. The molecular formula is C7H13O2Si-. The number of hydrogen-bond donors (Lipinski definition) is 0. The van der Waals surface area contributed by atoms with Crippen molar-refractivity contribution in [3.63, 3.8) is 0 Å². The average Bonchev–Trinajstić information content (AvgIpc) is 1.60. The van der Waals surface area contributed by atoms with E-state index >= 15 is 0 Å². The van der Waals surface area contributed by atoms with Crippen molar-refractivity contribution in [1.82, 2.24) is 0 Å². The van der Waals surface area contributed by atoms with Crippen LogP contribution in [-0.4, -0.2) is 14.0 Å². The van der Waals surface area contributed by atoms with Crippen molar-refractivity contribution in [2.75, 3.05) is 0 Å².